The lowest BCUT2D eigenvalue weighted by Crippen LogP contribution is -2.44. The van der Waals surface area contributed by atoms with Gasteiger partial charge >= 0.3 is 0 Å². The van der Waals surface area contributed by atoms with Crippen molar-refractivity contribution in [1.82, 2.24) is 14.9 Å². The van der Waals surface area contributed by atoms with Crippen LogP contribution in [0.25, 0.3) is 0 Å². The Balaban J connectivity index is 1.55. The van der Waals surface area contributed by atoms with E-state index in [0.29, 0.717) is 34.7 Å². The number of anilines is 6. The van der Waals surface area contributed by atoms with Crippen LogP contribution in [-0.2, 0) is 9.53 Å². The minimum Gasteiger partial charge on any atom is -0.489 e. The van der Waals surface area contributed by atoms with E-state index in [0.717, 1.165) is 44.8 Å². The summed E-state index contributed by atoms with van der Waals surface area (Å²) in [7, 11) is 3.87. The second kappa shape index (κ2) is 15.0. The lowest BCUT2D eigenvalue weighted by molar-refractivity contribution is -0.111. The summed E-state index contributed by atoms with van der Waals surface area (Å²) in [6, 6.07) is 16.0. The van der Waals surface area contributed by atoms with Gasteiger partial charge in [-0.05, 0) is 70.1 Å². The molecule has 43 heavy (non-hydrogen) atoms. The number of amides is 1. The van der Waals surface area contributed by atoms with Gasteiger partial charge in [-0.15, -0.1) is 0 Å². The van der Waals surface area contributed by atoms with Gasteiger partial charge in [0.25, 0.3) is 0 Å². The van der Waals surface area contributed by atoms with Gasteiger partial charge in [0.05, 0.1) is 36.0 Å². The third kappa shape index (κ3) is 8.44. The molecule has 1 amide bonds. The number of aromatic nitrogens is 2. The highest BCUT2D eigenvalue weighted by Gasteiger charge is 2.23. The molecular formula is C32H40N8O3. The lowest BCUT2D eigenvalue weighted by atomic mass is 10.0. The Labute approximate surface area is 253 Å². The van der Waals surface area contributed by atoms with E-state index in [1.54, 1.807) is 7.11 Å². The van der Waals surface area contributed by atoms with Crippen LogP contribution < -0.4 is 25.6 Å². The maximum atomic E-state index is 12.4. The van der Waals surface area contributed by atoms with Gasteiger partial charge in [0.2, 0.25) is 11.9 Å². The molecule has 3 N–H and O–H groups in total. The number of hydrogen-bond donors (Lipinski definition) is 3. The van der Waals surface area contributed by atoms with Gasteiger partial charge in [-0.25, -0.2) is 4.98 Å². The fourth-order valence-electron chi connectivity index (χ4n) is 4.90. The van der Waals surface area contributed by atoms with Crippen molar-refractivity contribution in [3.63, 3.8) is 0 Å². The minimum absolute atomic E-state index is 0.0261. The molecule has 1 aliphatic heterocycles. The maximum Gasteiger partial charge on any atom is 0.247 e. The summed E-state index contributed by atoms with van der Waals surface area (Å²) in [5, 5.41) is 19.0. The predicted octanol–water partition coefficient (Wildman–Crippen LogP) is 5.29. The Hall–Kier alpha value is -4.66. The van der Waals surface area contributed by atoms with Crippen molar-refractivity contribution in [1.29, 1.82) is 5.26 Å². The van der Waals surface area contributed by atoms with Gasteiger partial charge in [0.1, 0.15) is 17.4 Å². The highest BCUT2D eigenvalue weighted by molar-refractivity contribution is 6.02. The summed E-state index contributed by atoms with van der Waals surface area (Å²) in [6.45, 7) is 10.9. The van der Waals surface area contributed by atoms with E-state index in [4.69, 9.17) is 9.47 Å². The Morgan fingerprint density at radius 3 is 2.65 bits per heavy atom. The first-order valence-electron chi connectivity index (χ1n) is 14.4. The molecule has 1 aromatic heterocycles. The fraction of sp³-hybridized carbons (Fsp3) is 0.375. The van der Waals surface area contributed by atoms with E-state index in [9.17, 15) is 10.1 Å². The fourth-order valence-corrected chi connectivity index (χ4v) is 4.90. The van der Waals surface area contributed by atoms with E-state index in [2.05, 4.69) is 55.4 Å². The average Bonchev–Trinajstić information content (AvgIpc) is 3.01. The number of nitriles is 1. The molecule has 226 valence electrons. The topological polar surface area (TPSA) is 128 Å². The van der Waals surface area contributed by atoms with Gasteiger partial charge in [0, 0.05) is 38.5 Å². The minimum atomic E-state index is -0.330. The summed E-state index contributed by atoms with van der Waals surface area (Å²) in [5.41, 5.74) is 3.13. The zero-order valence-electron chi connectivity index (χ0n) is 25.3. The third-order valence-corrected chi connectivity index (χ3v) is 7.21. The van der Waals surface area contributed by atoms with Crippen molar-refractivity contribution < 1.29 is 14.3 Å². The smallest absolute Gasteiger partial charge is 0.247 e. The van der Waals surface area contributed by atoms with E-state index in [-0.39, 0.29) is 23.5 Å². The predicted molar refractivity (Wildman–Crippen MR) is 171 cm³/mol. The number of piperidine rings is 1. The summed E-state index contributed by atoms with van der Waals surface area (Å²) < 4.78 is 11.1. The van der Waals surface area contributed by atoms with E-state index >= 15 is 0 Å². The molecule has 0 aliphatic carbocycles. The van der Waals surface area contributed by atoms with Crippen LogP contribution in [0.2, 0.25) is 0 Å². The molecule has 0 atom stereocenters. The van der Waals surface area contributed by atoms with Crippen LogP contribution in [0.3, 0.4) is 0 Å². The van der Waals surface area contributed by atoms with Crippen molar-refractivity contribution in [2.24, 2.45) is 0 Å². The zero-order valence-corrected chi connectivity index (χ0v) is 25.3. The zero-order chi connectivity index (χ0) is 30.8. The quantitative estimate of drug-likeness (QED) is 0.228. The molecule has 2 aromatic carbocycles. The standard InChI is InChI=1S/C32H40N8O3/c1-6-30(41)35-28-19-25(40-15-13-24(14-16-40)39(4)17-18-42-5)11-12-26(28)37-32-34-21-23(20-33)31(38-32)36-27-9-7-8-10-29(27)43-22(2)3/h6-12,19,21-22,24H,1,13-18H2,2-5H3,(H,35,41)(H2,34,36,37,38). The third-order valence-electron chi connectivity index (χ3n) is 7.21. The molecule has 1 saturated heterocycles. The molecule has 3 aromatic rings. The summed E-state index contributed by atoms with van der Waals surface area (Å²) in [4.78, 5) is 26.0. The summed E-state index contributed by atoms with van der Waals surface area (Å²) in [6.07, 6.45) is 4.73. The molecule has 0 radical (unpaired) electrons. The van der Waals surface area contributed by atoms with Gasteiger partial charge < -0.3 is 35.2 Å². The number of hydrogen-bond acceptors (Lipinski definition) is 10. The number of para-hydroxylation sites is 2. The number of likely N-dealkylation sites (N-methyl/N-ethyl adjacent to an activating group) is 1. The monoisotopic (exact) mass is 584 g/mol. The van der Waals surface area contributed by atoms with E-state index in [1.807, 2.05) is 56.3 Å². The van der Waals surface area contributed by atoms with Crippen molar-refractivity contribution in [3.8, 4) is 11.8 Å². The molecule has 4 rings (SSSR count). The first-order valence-corrected chi connectivity index (χ1v) is 14.4. The Bertz CT molecular complexity index is 1450. The summed E-state index contributed by atoms with van der Waals surface area (Å²) >= 11 is 0. The highest BCUT2D eigenvalue weighted by Crippen LogP contribution is 2.33. The molecule has 1 aliphatic rings. The number of nitrogens with one attached hydrogen (secondary N) is 3. The number of rotatable bonds is 13. The van der Waals surface area contributed by atoms with E-state index < -0.39 is 0 Å². The second-order valence-corrected chi connectivity index (χ2v) is 10.6. The molecule has 11 nitrogen and oxygen atoms in total. The van der Waals surface area contributed by atoms with Crippen LogP contribution in [0.4, 0.5) is 34.5 Å². The van der Waals surface area contributed by atoms with Crippen molar-refractivity contribution in [3.05, 3.63) is 66.9 Å². The molecule has 2 heterocycles. The van der Waals surface area contributed by atoms with Crippen LogP contribution in [0.1, 0.15) is 32.3 Å². The van der Waals surface area contributed by atoms with Gasteiger partial charge in [-0.3, -0.25) is 4.79 Å². The van der Waals surface area contributed by atoms with Gasteiger partial charge in [-0.1, -0.05) is 18.7 Å². The van der Waals surface area contributed by atoms with Crippen LogP contribution in [0.5, 0.6) is 5.75 Å². The molecule has 1 fully saturated rings. The Morgan fingerprint density at radius 2 is 1.95 bits per heavy atom. The van der Waals surface area contributed by atoms with Crippen LogP contribution >= 0.6 is 0 Å². The largest absolute Gasteiger partial charge is 0.489 e. The highest BCUT2D eigenvalue weighted by atomic mass is 16.5. The first-order chi connectivity index (χ1) is 20.8. The van der Waals surface area contributed by atoms with Crippen molar-refractivity contribution >= 4 is 40.4 Å². The SMILES string of the molecule is C=CC(=O)Nc1cc(N2CCC(N(C)CCOC)CC2)ccc1Nc1ncc(C#N)c(Nc2ccccc2OC(C)C)n1. The van der Waals surface area contributed by atoms with Crippen LogP contribution in [0, 0.1) is 11.3 Å². The van der Waals surface area contributed by atoms with Crippen LogP contribution in [0.15, 0.2) is 61.3 Å². The molecule has 0 bridgehead atoms. The van der Waals surface area contributed by atoms with Gasteiger partial charge in [0.15, 0.2) is 5.82 Å². The Morgan fingerprint density at radius 1 is 1.19 bits per heavy atom. The molecule has 11 heteroatoms. The van der Waals surface area contributed by atoms with Crippen molar-refractivity contribution in [2.45, 2.75) is 38.8 Å². The normalized spacial score (nSPS) is 13.5. The number of benzene rings is 2. The molecule has 0 saturated carbocycles. The number of carbonyl (C=O) groups is 1. The average molecular weight is 585 g/mol. The number of carbonyl (C=O) groups excluding carboxylic acids is 1. The summed E-state index contributed by atoms with van der Waals surface area (Å²) in [5.74, 6) is 0.894. The van der Waals surface area contributed by atoms with Crippen molar-refractivity contribution in [2.75, 3.05) is 61.2 Å². The van der Waals surface area contributed by atoms with Gasteiger partial charge in [-0.2, -0.15) is 10.2 Å². The lowest BCUT2D eigenvalue weighted by Gasteiger charge is -2.38. The van der Waals surface area contributed by atoms with Crippen LogP contribution in [-0.4, -0.2) is 73.3 Å². The molecule has 0 unspecified atom stereocenters. The Kier molecular flexibility index (Phi) is 10.9. The maximum absolute atomic E-state index is 12.4. The second-order valence-electron chi connectivity index (χ2n) is 10.6. The first kappa shape index (κ1) is 31.3. The number of ether oxygens (including phenoxy) is 2. The number of methoxy groups -OCH3 is 1. The molecule has 0 spiro atoms. The van der Waals surface area contributed by atoms with E-state index in [1.165, 1.54) is 12.3 Å². The molecular weight excluding hydrogens is 544 g/mol. The number of nitrogens with zero attached hydrogens (tertiary/aromatic N) is 5.